The van der Waals surface area contributed by atoms with E-state index in [0.717, 1.165) is 47.6 Å². The first-order valence-corrected chi connectivity index (χ1v) is 8.18. The van der Waals surface area contributed by atoms with Crippen LogP contribution in [0.3, 0.4) is 0 Å². The predicted molar refractivity (Wildman–Crippen MR) is 81.6 cm³/mol. The quantitative estimate of drug-likeness (QED) is 0.842. The maximum Gasteiger partial charge on any atom is 0.142 e. The fourth-order valence-corrected chi connectivity index (χ4v) is 5.26. The Morgan fingerprint density at radius 2 is 1.70 bits per heavy atom. The topological polar surface area (TPSA) is 35.2 Å². The number of hydrogen-bond acceptors (Lipinski definition) is 2. The minimum absolute atomic E-state index is 0.777. The van der Waals surface area contributed by atoms with Crippen molar-refractivity contribution in [1.82, 2.24) is 0 Å². The second kappa shape index (κ2) is 4.68. The highest BCUT2D eigenvalue weighted by Gasteiger charge is 2.48. The Balaban J connectivity index is 1.46. The van der Waals surface area contributed by atoms with Crippen molar-refractivity contribution in [3.05, 3.63) is 23.8 Å². The molecule has 4 fully saturated rings. The van der Waals surface area contributed by atoms with Crippen LogP contribution in [-0.4, -0.2) is 6.61 Å². The number of rotatable bonds is 3. The second-order valence-corrected chi connectivity index (χ2v) is 7.45. The summed E-state index contributed by atoms with van der Waals surface area (Å²) in [5.41, 5.74) is 8.02. The van der Waals surface area contributed by atoms with Crippen molar-refractivity contribution in [2.45, 2.75) is 39.0 Å². The lowest BCUT2D eigenvalue weighted by Crippen LogP contribution is -2.47. The molecule has 0 saturated heterocycles. The second-order valence-electron chi connectivity index (χ2n) is 7.45. The molecule has 2 heteroatoms. The van der Waals surface area contributed by atoms with E-state index in [2.05, 4.69) is 13.0 Å². The molecule has 20 heavy (non-hydrogen) atoms. The van der Waals surface area contributed by atoms with Crippen LogP contribution >= 0.6 is 0 Å². The van der Waals surface area contributed by atoms with Crippen LogP contribution in [0.1, 0.15) is 37.7 Å². The van der Waals surface area contributed by atoms with Gasteiger partial charge in [-0.05, 0) is 86.3 Å². The van der Waals surface area contributed by atoms with E-state index in [9.17, 15) is 0 Å². The Morgan fingerprint density at radius 3 is 2.35 bits per heavy atom. The molecule has 0 unspecified atom stereocenters. The lowest BCUT2D eigenvalue weighted by Gasteiger charge is -2.54. The minimum atomic E-state index is 0.777. The molecule has 4 saturated carbocycles. The zero-order valence-electron chi connectivity index (χ0n) is 12.3. The van der Waals surface area contributed by atoms with Gasteiger partial charge in [0.25, 0.3) is 0 Å². The summed E-state index contributed by atoms with van der Waals surface area (Å²) in [6.45, 7) is 2.97. The number of benzene rings is 1. The zero-order chi connectivity index (χ0) is 13.7. The van der Waals surface area contributed by atoms with Crippen molar-refractivity contribution in [3.63, 3.8) is 0 Å². The molecule has 1 aromatic carbocycles. The number of nitrogens with two attached hydrogens (primary N) is 1. The standard InChI is InChI=1S/C18H25NO/c1-11-2-3-17(19)18(4-11)20-10-16-14-6-12-5-13(8-14)9-15(16)7-12/h2-4,12-16H,5-10,19H2,1H3. The van der Waals surface area contributed by atoms with Gasteiger partial charge in [-0.1, -0.05) is 6.07 Å². The van der Waals surface area contributed by atoms with Crippen molar-refractivity contribution >= 4 is 5.69 Å². The highest BCUT2D eigenvalue weighted by Crippen LogP contribution is 2.56. The summed E-state index contributed by atoms with van der Waals surface area (Å²) in [6.07, 6.45) is 7.37. The number of anilines is 1. The normalized spacial score (nSPS) is 38.1. The average molecular weight is 271 g/mol. The molecule has 0 radical (unpaired) electrons. The Bertz CT molecular complexity index is 482. The van der Waals surface area contributed by atoms with Crippen LogP contribution in [0.4, 0.5) is 5.69 Å². The van der Waals surface area contributed by atoms with Crippen LogP contribution in [-0.2, 0) is 0 Å². The van der Waals surface area contributed by atoms with Crippen molar-refractivity contribution in [1.29, 1.82) is 0 Å². The van der Waals surface area contributed by atoms with Gasteiger partial charge in [-0.25, -0.2) is 0 Å². The van der Waals surface area contributed by atoms with Crippen molar-refractivity contribution in [3.8, 4) is 5.75 Å². The molecular weight excluding hydrogens is 246 g/mol. The van der Waals surface area contributed by atoms with E-state index in [-0.39, 0.29) is 0 Å². The molecule has 4 aliphatic rings. The van der Waals surface area contributed by atoms with Crippen LogP contribution in [0.2, 0.25) is 0 Å². The van der Waals surface area contributed by atoms with Gasteiger partial charge < -0.3 is 10.5 Å². The number of aryl methyl sites for hydroxylation is 1. The summed E-state index contributed by atoms with van der Waals surface area (Å²) in [6, 6.07) is 6.08. The molecule has 0 heterocycles. The average Bonchev–Trinajstić information content (AvgIpc) is 2.41. The summed E-state index contributed by atoms with van der Waals surface area (Å²) in [5, 5.41) is 0. The van der Waals surface area contributed by atoms with E-state index in [0.29, 0.717) is 0 Å². The van der Waals surface area contributed by atoms with Gasteiger partial charge in [0.2, 0.25) is 0 Å². The molecule has 0 amide bonds. The Hall–Kier alpha value is -1.18. The van der Waals surface area contributed by atoms with Gasteiger partial charge in [0, 0.05) is 0 Å². The lowest BCUT2D eigenvalue weighted by atomic mass is 9.52. The fourth-order valence-electron chi connectivity index (χ4n) is 5.26. The maximum absolute atomic E-state index is 6.12. The third-order valence-corrected chi connectivity index (χ3v) is 6.02. The van der Waals surface area contributed by atoms with E-state index < -0.39 is 0 Å². The molecule has 0 aliphatic heterocycles. The van der Waals surface area contributed by atoms with Crippen LogP contribution in [0.25, 0.3) is 0 Å². The van der Waals surface area contributed by atoms with Gasteiger partial charge in [-0.15, -0.1) is 0 Å². The van der Waals surface area contributed by atoms with Crippen LogP contribution in [0.15, 0.2) is 18.2 Å². The highest BCUT2D eigenvalue weighted by atomic mass is 16.5. The molecule has 2 nitrogen and oxygen atoms in total. The molecule has 4 aliphatic carbocycles. The number of nitrogen functional groups attached to an aromatic ring is 1. The molecule has 108 valence electrons. The van der Waals surface area contributed by atoms with E-state index in [1.54, 1.807) is 0 Å². The van der Waals surface area contributed by atoms with Gasteiger partial charge in [-0.3, -0.25) is 0 Å². The third-order valence-electron chi connectivity index (χ3n) is 6.02. The summed E-state index contributed by atoms with van der Waals surface area (Å²) >= 11 is 0. The number of hydrogen-bond donors (Lipinski definition) is 1. The molecule has 2 N–H and O–H groups in total. The number of ether oxygens (including phenoxy) is 1. The fraction of sp³-hybridized carbons (Fsp3) is 0.667. The van der Waals surface area contributed by atoms with E-state index in [4.69, 9.17) is 10.5 Å². The lowest BCUT2D eigenvalue weighted by molar-refractivity contribution is -0.0528. The summed E-state index contributed by atoms with van der Waals surface area (Å²) in [5.74, 6) is 5.60. The summed E-state index contributed by atoms with van der Waals surface area (Å²) < 4.78 is 6.12. The molecule has 4 bridgehead atoms. The summed E-state index contributed by atoms with van der Waals surface area (Å²) in [4.78, 5) is 0. The van der Waals surface area contributed by atoms with Gasteiger partial charge in [0.1, 0.15) is 5.75 Å². The third kappa shape index (κ3) is 2.10. The van der Waals surface area contributed by atoms with Crippen LogP contribution in [0, 0.1) is 36.5 Å². The van der Waals surface area contributed by atoms with Crippen molar-refractivity contribution in [2.24, 2.45) is 29.6 Å². The molecule has 1 aromatic rings. The summed E-state index contributed by atoms with van der Waals surface area (Å²) in [7, 11) is 0. The van der Waals surface area contributed by atoms with Crippen LogP contribution in [0.5, 0.6) is 5.75 Å². The first-order chi connectivity index (χ1) is 9.69. The van der Waals surface area contributed by atoms with Gasteiger partial charge >= 0.3 is 0 Å². The maximum atomic E-state index is 6.12. The van der Waals surface area contributed by atoms with Crippen molar-refractivity contribution < 1.29 is 4.74 Å². The SMILES string of the molecule is Cc1ccc(N)c(OCC2C3CC4CC(C3)CC2C4)c1. The van der Waals surface area contributed by atoms with Crippen molar-refractivity contribution in [2.75, 3.05) is 12.3 Å². The largest absolute Gasteiger partial charge is 0.491 e. The molecule has 0 atom stereocenters. The first kappa shape index (κ1) is 12.6. The Morgan fingerprint density at radius 1 is 1.05 bits per heavy atom. The van der Waals surface area contributed by atoms with Gasteiger partial charge in [0.15, 0.2) is 0 Å². The molecule has 0 spiro atoms. The molecule has 0 aromatic heterocycles. The minimum Gasteiger partial charge on any atom is -0.491 e. The van der Waals surface area contributed by atoms with Crippen LogP contribution < -0.4 is 10.5 Å². The first-order valence-electron chi connectivity index (χ1n) is 8.18. The van der Waals surface area contributed by atoms with Gasteiger partial charge in [-0.2, -0.15) is 0 Å². The predicted octanol–water partition coefficient (Wildman–Crippen LogP) is 4.03. The zero-order valence-corrected chi connectivity index (χ0v) is 12.3. The Kier molecular flexibility index (Phi) is 2.94. The monoisotopic (exact) mass is 271 g/mol. The smallest absolute Gasteiger partial charge is 0.142 e. The van der Waals surface area contributed by atoms with E-state index in [1.807, 2.05) is 12.1 Å². The molecule has 5 rings (SSSR count). The van der Waals surface area contributed by atoms with Gasteiger partial charge in [0.05, 0.1) is 12.3 Å². The Labute approximate surface area is 121 Å². The highest BCUT2D eigenvalue weighted by molar-refractivity contribution is 5.53. The van der Waals surface area contributed by atoms with E-state index >= 15 is 0 Å². The van der Waals surface area contributed by atoms with E-state index in [1.165, 1.54) is 37.7 Å². The molecular formula is C18H25NO.